The SMILES string of the molecule is C=CCN.C=CCN.CCC(C)CN.CCC(C)CN.Cl.Cl.Cl.[Na+].[OH-].[V].[V].[V].[V].[V].[V].[V].[V].[V].[V].[V].[V].[V].[V].[V].[V].[V].[V].[V].[V].[V].[V].[V].[V].[V].[V].[V].[V].[V].[V].[V].[V].[V].[V].[V].[V].[V].[V].[V].[V].[V].[V].[V].[V].[V].[V].[V].[V].[V].[V]. The molecule has 0 bridgehead atoms. The van der Waals surface area contributed by atoms with E-state index in [4.69, 9.17) is 22.9 Å². The van der Waals surface area contributed by atoms with E-state index in [9.17, 15) is 0 Å². The molecule has 0 aliphatic rings. The van der Waals surface area contributed by atoms with Crippen molar-refractivity contribution in [1.82, 2.24) is 0 Å². The Bertz CT molecular complexity index is 228. The molecule has 2 unspecified atom stereocenters. The molecule has 0 aromatic carbocycles. The van der Waals surface area contributed by atoms with Crippen molar-refractivity contribution in [1.29, 1.82) is 0 Å². The summed E-state index contributed by atoms with van der Waals surface area (Å²) in [5.41, 5.74) is 20.4. The van der Waals surface area contributed by atoms with Crippen LogP contribution in [0.3, 0.4) is 0 Å². The van der Waals surface area contributed by atoms with Crippen molar-refractivity contribution in [3.8, 4) is 0 Å². The topological polar surface area (TPSA) is 134 Å². The van der Waals surface area contributed by atoms with Gasteiger partial charge in [0, 0.05) is 941 Å². The van der Waals surface area contributed by atoms with Crippen LogP contribution in [-0.4, -0.2) is 31.7 Å². The molecule has 0 fully saturated rings. The van der Waals surface area contributed by atoms with E-state index in [1.165, 1.54) is 12.8 Å². The zero-order chi connectivity index (χ0) is 16.8. The number of nitrogens with two attached hydrogens (primary N) is 4. The maximum absolute atomic E-state index is 5.28. The third-order valence-electron chi connectivity index (χ3n) is 2.53. The molecule has 0 aliphatic heterocycles. The largest absolute Gasteiger partial charge is 1.00 e. The van der Waals surface area contributed by atoms with E-state index >= 15 is 0 Å². The molecular formula is C16H44Cl3N4NaOV50. The molecule has 59 heteroatoms. The molecule has 0 rings (SSSR count). The Labute approximate surface area is 1100 Å². The molecule has 0 aromatic heterocycles. The third-order valence-corrected chi connectivity index (χ3v) is 2.53. The van der Waals surface area contributed by atoms with Crippen LogP contribution < -0.4 is 52.5 Å². The van der Waals surface area contributed by atoms with E-state index in [1.807, 2.05) is 0 Å². The molecule has 0 saturated carbocycles. The Morgan fingerprint density at radius 2 is 0.307 bits per heavy atom. The monoisotopic (exact) mass is 2980 g/mol. The van der Waals surface area contributed by atoms with Gasteiger partial charge in [-0.15, -0.1) is 50.4 Å². The van der Waals surface area contributed by atoms with Gasteiger partial charge in [0.2, 0.25) is 0 Å². The van der Waals surface area contributed by atoms with E-state index in [0.717, 1.165) is 13.1 Å². The summed E-state index contributed by atoms with van der Waals surface area (Å²) in [4.78, 5) is 0. The average Bonchev–Trinajstić information content (AvgIpc) is 2.53. The Balaban J connectivity index is -0.000000000644. The standard InChI is InChI=1S/2C5H13N.2C3H7N.3ClH.Na.H2O.50V/c2*1-3-5(2)4-6;2*1-2-3-4;;;;;;;;;;;;;;;;;;;;;;;;;;;;;;;;;;;;;;;;;;;;;;;;;;;;;;;/h2*5H,3-4,6H2,1-2H3;2*2H,1,3-4H2;3*1H;;1H2;;;;;;;;;;;;;;;;;;;;;;;;;;;;;;;;;;;;;;;;;;;;;;;;;;/q;;;;;;;+1;;;;;;;;;;;;;;;;;;;;;;;;;;;;;;;;;;;;;;;;;;;;;;;;;;;/p-1. The van der Waals surface area contributed by atoms with E-state index in [0.29, 0.717) is 24.9 Å². The zero-order valence-corrected chi connectivity index (χ0v) is 114. The molecule has 0 aliphatic carbocycles. The molecule has 9 N–H and O–H groups in total. The minimum Gasteiger partial charge on any atom is -0.870 e. The summed E-state index contributed by atoms with van der Waals surface area (Å²) in [6.07, 6.45) is 5.72. The average molecular weight is 2990 g/mol. The molecule has 0 aromatic rings. The first-order chi connectivity index (χ1) is 9.44. The van der Waals surface area contributed by atoms with E-state index in [-0.39, 0.29) is 1000 Å². The van der Waals surface area contributed by atoms with Crippen LogP contribution in [-0.2, 0) is 928 Å². The van der Waals surface area contributed by atoms with Crippen LogP contribution in [0.25, 0.3) is 0 Å². The van der Waals surface area contributed by atoms with Crippen molar-refractivity contribution in [2.24, 2.45) is 34.8 Å². The second kappa shape index (κ2) is 566. The van der Waals surface area contributed by atoms with Crippen molar-refractivity contribution >= 4 is 37.2 Å². The molecule has 75 heavy (non-hydrogen) atoms. The van der Waals surface area contributed by atoms with E-state index < -0.39 is 0 Å². The fourth-order valence-corrected chi connectivity index (χ4v) is 0.333. The van der Waals surface area contributed by atoms with Crippen molar-refractivity contribution in [3.05, 3.63) is 25.3 Å². The van der Waals surface area contributed by atoms with Gasteiger partial charge in [-0.25, -0.2) is 0 Å². The molecule has 0 saturated heterocycles. The van der Waals surface area contributed by atoms with Crippen LogP contribution in [0.1, 0.15) is 40.5 Å². The van der Waals surface area contributed by atoms with Crippen LogP contribution in [0.4, 0.5) is 0 Å². The normalized spacial score (nSPS) is 2.99. The first-order valence-electron chi connectivity index (χ1n) is 7.47. The van der Waals surface area contributed by atoms with Crippen LogP contribution in [0.15, 0.2) is 25.3 Å². The summed E-state index contributed by atoms with van der Waals surface area (Å²) in [6, 6.07) is 0. The van der Waals surface area contributed by atoms with Crippen molar-refractivity contribution in [2.45, 2.75) is 40.5 Å². The molecule has 0 heterocycles. The Morgan fingerprint density at radius 1 is 0.253 bits per heavy atom. The minimum absolute atomic E-state index is 0. The van der Waals surface area contributed by atoms with Crippen LogP contribution in [0.2, 0.25) is 0 Å². The van der Waals surface area contributed by atoms with Gasteiger partial charge in [0.1, 0.15) is 0 Å². The van der Waals surface area contributed by atoms with E-state index in [2.05, 4.69) is 40.9 Å². The molecule has 5 nitrogen and oxygen atoms in total. The van der Waals surface area contributed by atoms with Crippen molar-refractivity contribution in [3.63, 3.8) is 0 Å². The maximum atomic E-state index is 5.28. The third kappa shape index (κ3) is 671. The zero-order valence-electron chi connectivity index (χ0n) is 39.3. The number of halogens is 3. The van der Waals surface area contributed by atoms with Crippen LogP contribution >= 0.6 is 37.2 Å². The Kier molecular flexibility index (Phi) is 4030. The van der Waals surface area contributed by atoms with Crippen LogP contribution in [0, 0.1) is 11.8 Å². The summed E-state index contributed by atoms with van der Waals surface area (Å²) < 4.78 is 0. The second-order valence-corrected chi connectivity index (χ2v) is 4.55. The molecular weight excluding hydrogens is 2940 g/mol. The summed E-state index contributed by atoms with van der Waals surface area (Å²) in [5, 5.41) is 0. The minimum atomic E-state index is 0. The quantitative estimate of drug-likeness (QED) is 0.223. The van der Waals surface area contributed by atoms with Crippen molar-refractivity contribution in [2.75, 3.05) is 26.2 Å². The van der Waals surface area contributed by atoms with Gasteiger partial charge in [0.15, 0.2) is 0 Å². The van der Waals surface area contributed by atoms with Gasteiger partial charge in [-0.2, -0.15) is 0 Å². The molecule has 50 radical (unpaired) electrons. The predicted octanol–water partition coefficient (Wildman–Crippen LogP) is 0.212. The number of hydrogen-bond acceptors (Lipinski definition) is 5. The van der Waals surface area contributed by atoms with E-state index in [1.54, 1.807) is 12.2 Å². The molecule has 2 atom stereocenters. The van der Waals surface area contributed by atoms with Crippen LogP contribution in [0.5, 0.6) is 0 Å². The van der Waals surface area contributed by atoms with Gasteiger partial charge in [-0.1, -0.05) is 52.7 Å². The second-order valence-electron chi connectivity index (χ2n) is 4.55. The summed E-state index contributed by atoms with van der Waals surface area (Å²) in [6.45, 7) is 18.1. The Morgan fingerprint density at radius 3 is 0.307 bits per heavy atom. The van der Waals surface area contributed by atoms with Gasteiger partial charge in [-0.3, -0.25) is 0 Å². The van der Waals surface area contributed by atoms with Gasteiger partial charge in [0.05, 0.1) is 0 Å². The number of hydrogen-bond donors (Lipinski definition) is 4. The summed E-state index contributed by atoms with van der Waals surface area (Å²) in [5.74, 6) is 1.43. The maximum Gasteiger partial charge on any atom is 1.00 e. The summed E-state index contributed by atoms with van der Waals surface area (Å²) in [7, 11) is 0. The van der Waals surface area contributed by atoms with Gasteiger partial charge in [0.25, 0.3) is 0 Å². The van der Waals surface area contributed by atoms with Gasteiger partial charge >= 0.3 is 29.6 Å². The predicted molar refractivity (Wildman–Crippen MR) is 119 cm³/mol. The van der Waals surface area contributed by atoms with Crippen molar-refractivity contribution < 1.29 is 963 Å². The first kappa shape index (κ1) is 534. The van der Waals surface area contributed by atoms with Gasteiger partial charge in [-0.05, 0) is 24.9 Å². The fraction of sp³-hybridized carbons (Fsp3) is 0.750. The smallest absolute Gasteiger partial charge is 0.870 e. The number of rotatable bonds is 6. The Hall–Kier alpha value is 30.4. The molecule has 0 amide bonds. The first-order valence-corrected chi connectivity index (χ1v) is 7.47. The molecule has 0 spiro atoms. The molecule has 406 valence electrons. The fourth-order valence-electron chi connectivity index (χ4n) is 0.333. The summed E-state index contributed by atoms with van der Waals surface area (Å²) >= 11 is 0. The van der Waals surface area contributed by atoms with Gasteiger partial charge < -0.3 is 28.4 Å².